The van der Waals surface area contributed by atoms with E-state index < -0.39 is 0 Å². The van der Waals surface area contributed by atoms with Gasteiger partial charge in [-0.05, 0) is 19.4 Å². The fraction of sp³-hybridized carbons (Fsp3) is 1.00. The highest BCUT2D eigenvalue weighted by molar-refractivity contribution is 8.00. The van der Waals surface area contributed by atoms with Gasteiger partial charge in [-0.3, -0.25) is 0 Å². The molecule has 1 unspecified atom stereocenters. The average Bonchev–Trinajstić information content (AvgIpc) is 2.02. The zero-order valence-electron chi connectivity index (χ0n) is 8.93. The van der Waals surface area contributed by atoms with Gasteiger partial charge < -0.3 is 5.32 Å². The first-order chi connectivity index (χ1) is 5.58. The van der Waals surface area contributed by atoms with E-state index in [9.17, 15) is 0 Å². The van der Waals surface area contributed by atoms with Crippen molar-refractivity contribution in [3.63, 3.8) is 0 Å². The van der Waals surface area contributed by atoms with Gasteiger partial charge in [-0.2, -0.15) is 11.8 Å². The molecular formula is C10H22ClNS. The van der Waals surface area contributed by atoms with Gasteiger partial charge >= 0.3 is 0 Å². The Bertz CT molecular complexity index is 127. The lowest BCUT2D eigenvalue weighted by Gasteiger charge is -2.26. The topological polar surface area (TPSA) is 12.0 Å². The predicted molar refractivity (Wildman–Crippen MR) is 65.1 cm³/mol. The van der Waals surface area contributed by atoms with Crippen molar-refractivity contribution in [3.05, 3.63) is 0 Å². The van der Waals surface area contributed by atoms with Crippen LogP contribution in [0, 0.1) is 0 Å². The van der Waals surface area contributed by atoms with Crippen molar-refractivity contribution in [2.24, 2.45) is 0 Å². The van der Waals surface area contributed by atoms with Crippen LogP contribution in [0.5, 0.6) is 0 Å². The summed E-state index contributed by atoms with van der Waals surface area (Å²) in [7, 11) is 0. The SMILES string of the molecule is CC(C)(C)SCC1CCCCN1.Cl. The van der Waals surface area contributed by atoms with Crippen LogP contribution in [0.15, 0.2) is 0 Å². The van der Waals surface area contributed by atoms with Crippen molar-refractivity contribution in [2.45, 2.75) is 50.8 Å². The number of thioether (sulfide) groups is 1. The molecule has 1 aliphatic rings. The van der Waals surface area contributed by atoms with Crippen molar-refractivity contribution < 1.29 is 0 Å². The highest BCUT2D eigenvalue weighted by atomic mass is 35.5. The molecule has 0 aromatic carbocycles. The van der Waals surface area contributed by atoms with Gasteiger partial charge in [-0.25, -0.2) is 0 Å². The minimum absolute atomic E-state index is 0. The minimum Gasteiger partial charge on any atom is -0.313 e. The molecule has 0 aromatic rings. The van der Waals surface area contributed by atoms with Crippen molar-refractivity contribution in [1.29, 1.82) is 0 Å². The van der Waals surface area contributed by atoms with Crippen LogP contribution in [0.2, 0.25) is 0 Å². The normalized spacial score (nSPS) is 23.8. The van der Waals surface area contributed by atoms with Gasteiger partial charge in [0.1, 0.15) is 0 Å². The van der Waals surface area contributed by atoms with Gasteiger partial charge in [0.2, 0.25) is 0 Å². The molecule has 1 aliphatic heterocycles. The summed E-state index contributed by atoms with van der Waals surface area (Å²) in [6.45, 7) is 8.11. The van der Waals surface area contributed by atoms with E-state index in [1.54, 1.807) is 0 Å². The van der Waals surface area contributed by atoms with Crippen LogP contribution in [-0.2, 0) is 0 Å². The molecule has 1 heterocycles. The van der Waals surface area contributed by atoms with Gasteiger partial charge in [-0.15, -0.1) is 12.4 Å². The summed E-state index contributed by atoms with van der Waals surface area (Å²) in [5.41, 5.74) is 0. The summed E-state index contributed by atoms with van der Waals surface area (Å²) < 4.78 is 0.430. The van der Waals surface area contributed by atoms with Crippen LogP contribution in [0.1, 0.15) is 40.0 Å². The molecule has 0 aromatic heterocycles. The maximum absolute atomic E-state index is 3.57. The Morgan fingerprint density at radius 1 is 1.31 bits per heavy atom. The third-order valence-corrected chi connectivity index (χ3v) is 3.56. The van der Waals surface area contributed by atoms with E-state index in [0.717, 1.165) is 6.04 Å². The third-order valence-electron chi connectivity index (χ3n) is 2.13. The molecular weight excluding hydrogens is 202 g/mol. The maximum Gasteiger partial charge on any atom is 0.0158 e. The van der Waals surface area contributed by atoms with E-state index in [0.29, 0.717) is 4.75 Å². The first-order valence-corrected chi connectivity index (χ1v) is 5.94. The third kappa shape index (κ3) is 6.64. The Labute approximate surface area is 92.8 Å². The van der Waals surface area contributed by atoms with Crippen LogP contribution in [-0.4, -0.2) is 23.1 Å². The number of rotatable bonds is 2. The molecule has 0 aliphatic carbocycles. The lowest BCUT2D eigenvalue weighted by molar-refractivity contribution is 0.429. The summed E-state index contributed by atoms with van der Waals surface area (Å²) in [6.07, 6.45) is 4.17. The summed E-state index contributed by atoms with van der Waals surface area (Å²) in [5, 5.41) is 3.57. The second kappa shape index (κ2) is 6.15. The molecule has 13 heavy (non-hydrogen) atoms. The Balaban J connectivity index is 0.00000144. The van der Waals surface area contributed by atoms with E-state index in [2.05, 4.69) is 37.8 Å². The molecule has 0 radical (unpaired) electrons. The molecule has 0 saturated carbocycles. The Morgan fingerprint density at radius 3 is 2.46 bits per heavy atom. The molecule has 1 nitrogen and oxygen atoms in total. The van der Waals surface area contributed by atoms with Crippen LogP contribution in [0.4, 0.5) is 0 Å². The van der Waals surface area contributed by atoms with Gasteiger partial charge in [0, 0.05) is 16.5 Å². The lowest BCUT2D eigenvalue weighted by Crippen LogP contribution is -2.36. The second-order valence-corrected chi connectivity index (χ2v) is 6.42. The quantitative estimate of drug-likeness (QED) is 0.773. The zero-order chi connectivity index (χ0) is 9.03. The molecule has 0 spiro atoms. The minimum atomic E-state index is 0. The average molecular weight is 224 g/mol. The molecule has 3 heteroatoms. The number of nitrogens with one attached hydrogen (secondary N) is 1. The van der Waals surface area contributed by atoms with Crippen LogP contribution < -0.4 is 5.32 Å². The lowest BCUT2D eigenvalue weighted by atomic mass is 10.1. The largest absolute Gasteiger partial charge is 0.313 e. The highest BCUT2D eigenvalue weighted by Crippen LogP contribution is 2.25. The molecule has 1 fully saturated rings. The monoisotopic (exact) mass is 223 g/mol. The van der Waals surface area contributed by atoms with E-state index in [-0.39, 0.29) is 12.4 Å². The van der Waals surface area contributed by atoms with Crippen LogP contribution in [0.3, 0.4) is 0 Å². The molecule has 1 rings (SSSR count). The molecule has 80 valence electrons. The smallest absolute Gasteiger partial charge is 0.0158 e. The summed E-state index contributed by atoms with van der Waals surface area (Å²) >= 11 is 2.08. The van der Waals surface area contributed by atoms with E-state index in [1.807, 2.05) is 0 Å². The Morgan fingerprint density at radius 2 is 2.00 bits per heavy atom. The first-order valence-electron chi connectivity index (χ1n) is 4.95. The molecule has 1 atom stereocenters. The molecule has 0 bridgehead atoms. The van der Waals surface area contributed by atoms with Crippen molar-refractivity contribution in [2.75, 3.05) is 12.3 Å². The summed E-state index contributed by atoms with van der Waals surface area (Å²) in [6, 6.07) is 0.781. The predicted octanol–water partition coefficient (Wildman–Crippen LogP) is 3.08. The molecule has 1 N–H and O–H groups in total. The standard InChI is InChI=1S/C10H21NS.ClH/c1-10(2,3)12-8-9-6-4-5-7-11-9;/h9,11H,4-8H2,1-3H3;1H. The van der Waals surface area contributed by atoms with Gasteiger partial charge in [0.05, 0.1) is 0 Å². The summed E-state index contributed by atoms with van der Waals surface area (Å²) in [4.78, 5) is 0. The molecule has 0 amide bonds. The zero-order valence-corrected chi connectivity index (χ0v) is 10.6. The van der Waals surface area contributed by atoms with Crippen LogP contribution >= 0.6 is 24.2 Å². The van der Waals surface area contributed by atoms with Crippen molar-refractivity contribution >= 4 is 24.2 Å². The molecule has 1 saturated heterocycles. The number of hydrogen-bond acceptors (Lipinski definition) is 2. The maximum atomic E-state index is 3.57. The van der Waals surface area contributed by atoms with Gasteiger partial charge in [0.25, 0.3) is 0 Å². The number of halogens is 1. The fourth-order valence-electron chi connectivity index (χ4n) is 1.42. The first kappa shape index (κ1) is 13.6. The summed E-state index contributed by atoms with van der Waals surface area (Å²) in [5.74, 6) is 1.28. The second-order valence-electron chi connectivity index (χ2n) is 4.57. The Kier molecular flexibility index (Phi) is 6.44. The highest BCUT2D eigenvalue weighted by Gasteiger charge is 2.16. The van der Waals surface area contributed by atoms with Crippen molar-refractivity contribution in [3.8, 4) is 0 Å². The van der Waals surface area contributed by atoms with Crippen molar-refractivity contribution in [1.82, 2.24) is 5.32 Å². The number of piperidine rings is 1. The van der Waals surface area contributed by atoms with E-state index in [4.69, 9.17) is 0 Å². The van der Waals surface area contributed by atoms with Gasteiger partial charge in [-0.1, -0.05) is 27.2 Å². The van der Waals surface area contributed by atoms with Crippen LogP contribution in [0.25, 0.3) is 0 Å². The fourth-order valence-corrected chi connectivity index (χ4v) is 2.40. The van der Waals surface area contributed by atoms with Gasteiger partial charge in [0.15, 0.2) is 0 Å². The van der Waals surface area contributed by atoms with E-state index in [1.165, 1.54) is 31.6 Å². The number of hydrogen-bond donors (Lipinski definition) is 1. The van der Waals surface area contributed by atoms with E-state index >= 15 is 0 Å². The Hall–Kier alpha value is 0.600.